The van der Waals surface area contributed by atoms with E-state index in [0.29, 0.717) is 0 Å². The Morgan fingerprint density at radius 2 is 1.47 bits per heavy atom. The van der Waals surface area contributed by atoms with Gasteiger partial charge in [-0.25, -0.2) is 0 Å². The zero-order valence-electron chi connectivity index (χ0n) is 11.1. The van der Waals surface area contributed by atoms with Crippen molar-refractivity contribution in [1.82, 2.24) is 4.98 Å². The Bertz CT molecular complexity index is 651. The molecule has 1 heteroatoms. The van der Waals surface area contributed by atoms with E-state index in [4.69, 9.17) is 0 Å². The van der Waals surface area contributed by atoms with Crippen LogP contribution in [-0.4, -0.2) is 4.98 Å². The number of nitrogens with one attached hydrogen (secondary N) is 1. The predicted molar refractivity (Wildman–Crippen MR) is 80.2 cm³/mol. The Kier molecular flexibility index (Phi) is 3.20. The van der Waals surface area contributed by atoms with Crippen molar-refractivity contribution in [2.24, 2.45) is 0 Å². The molecule has 0 bridgehead atoms. The van der Waals surface area contributed by atoms with E-state index < -0.39 is 0 Å². The van der Waals surface area contributed by atoms with Crippen LogP contribution in [0.5, 0.6) is 0 Å². The van der Waals surface area contributed by atoms with E-state index in [-0.39, 0.29) is 0 Å². The molecular formula is C18H17N. The van der Waals surface area contributed by atoms with Crippen LogP contribution in [0.25, 0.3) is 11.3 Å². The summed E-state index contributed by atoms with van der Waals surface area (Å²) in [5.74, 6) is 0. The molecule has 1 aromatic heterocycles. The van der Waals surface area contributed by atoms with Crippen molar-refractivity contribution in [3.8, 4) is 11.3 Å². The highest BCUT2D eigenvalue weighted by Crippen LogP contribution is 2.24. The molecule has 0 amide bonds. The van der Waals surface area contributed by atoms with Crippen LogP contribution in [0, 0.1) is 6.92 Å². The first-order valence-corrected chi connectivity index (χ1v) is 6.61. The average molecular weight is 247 g/mol. The largest absolute Gasteiger partial charge is 0.358 e. The zero-order chi connectivity index (χ0) is 13.1. The van der Waals surface area contributed by atoms with Gasteiger partial charge in [0, 0.05) is 17.8 Å². The lowest BCUT2D eigenvalue weighted by atomic mass is 10.1. The molecule has 1 N–H and O–H groups in total. The first-order chi connectivity index (χ1) is 9.33. The molecule has 94 valence electrons. The molecule has 0 saturated carbocycles. The molecule has 0 spiro atoms. The van der Waals surface area contributed by atoms with E-state index in [9.17, 15) is 0 Å². The summed E-state index contributed by atoms with van der Waals surface area (Å²) < 4.78 is 0. The minimum absolute atomic E-state index is 0.953. The van der Waals surface area contributed by atoms with Gasteiger partial charge in [0.2, 0.25) is 0 Å². The highest BCUT2D eigenvalue weighted by molar-refractivity contribution is 5.64. The van der Waals surface area contributed by atoms with Gasteiger partial charge in [-0.3, -0.25) is 0 Å². The molecule has 1 heterocycles. The second-order valence-corrected chi connectivity index (χ2v) is 4.88. The Labute approximate surface area is 113 Å². The van der Waals surface area contributed by atoms with E-state index in [1.165, 1.54) is 28.1 Å². The van der Waals surface area contributed by atoms with Crippen LogP contribution in [0.15, 0.2) is 66.7 Å². The minimum Gasteiger partial charge on any atom is -0.358 e. The van der Waals surface area contributed by atoms with Gasteiger partial charge >= 0.3 is 0 Å². The number of hydrogen-bond acceptors (Lipinski definition) is 0. The Morgan fingerprint density at radius 3 is 2.16 bits per heavy atom. The van der Waals surface area contributed by atoms with Gasteiger partial charge in [-0.05, 0) is 29.7 Å². The predicted octanol–water partition coefficient (Wildman–Crippen LogP) is 4.58. The molecule has 2 aromatic carbocycles. The van der Waals surface area contributed by atoms with Gasteiger partial charge in [0.1, 0.15) is 0 Å². The third-order valence-electron chi connectivity index (χ3n) is 3.37. The lowest BCUT2D eigenvalue weighted by Crippen LogP contribution is -1.87. The maximum atomic E-state index is 3.55. The van der Waals surface area contributed by atoms with Crippen molar-refractivity contribution in [2.75, 3.05) is 0 Å². The quantitative estimate of drug-likeness (QED) is 0.697. The maximum absolute atomic E-state index is 3.55. The van der Waals surface area contributed by atoms with Gasteiger partial charge in [-0.2, -0.15) is 0 Å². The SMILES string of the molecule is Cc1cc(Cc2ccccc2)[nH]c1-c1ccccc1. The van der Waals surface area contributed by atoms with Crippen LogP contribution < -0.4 is 0 Å². The molecule has 0 unspecified atom stereocenters. The number of rotatable bonds is 3. The molecule has 3 aromatic rings. The summed E-state index contributed by atoms with van der Waals surface area (Å²) in [4.78, 5) is 3.55. The van der Waals surface area contributed by atoms with Crippen LogP contribution in [0.2, 0.25) is 0 Å². The van der Waals surface area contributed by atoms with Crippen molar-refractivity contribution in [3.05, 3.63) is 83.6 Å². The van der Waals surface area contributed by atoms with Crippen molar-refractivity contribution < 1.29 is 0 Å². The fourth-order valence-corrected chi connectivity index (χ4v) is 2.44. The van der Waals surface area contributed by atoms with Crippen LogP contribution in [-0.2, 0) is 6.42 Å². The average Bonchev–Trinajstić information content (AvgIpc) is 2.82. The fourth-order valence-electron chi connectivity index (χ4n) is 2.44. The van der Waals surface area contributed by atoms with Gasteiger partial charge in [-0.1, -0.05) is 60.7 Å². The standard InChI is InChI=1S/C18H17N/c1-14-12-17(13-15-8-4-2-5-9-15)19-18(14)16-10-6-3-7-11-16/h2-12,19H,13H2,1H3. The highest BCUT2D eigenvalue weighted by Gasteiger charge is 2.06. The lowest BCUT2D eigenvalue weighted by Gasteiger charge is -2.00. The third-order valence-corrected chi connectivity index (χ3v) is 3.37. The van der Waals surface area contributed by atoms with E-state index in [0.717, 1.165) is 6.42 Å². The number of aryl methyl sites for hydroxylation is 1. The highest BCUT2D eigenvalue weighted by atomic mass is 14.7. The molecule has 19 heavy (non-hydrogen) atoms. The van der Waals surface area contributed by atoms with Crippen LogP contribution in [0.1, 0.15) is 16.8 Å². The normalized spacial score (nSPS) is 10.6. The number of benzene rings is 2. The molecule has 3 rings (SSSR count). The number of aromatic nitrogens is 1. The molecule has 1 nitrogen and oxygen atoms in total. The van der Waals surface area contributed by atoms with Gasteiger partial charge in [0.05, 0.1) is 0 Å². The number of aromatic amines is 1. The van der Waals surface area contributed by atoms with E-state index in [1.54, 1.807) is 0 Å². The molecule has 0 aliphatic rings. The van der Waals surface area contributed by atoms with Crippen molar-refractivity contribution >= 4 is 0 Å². The second kappa shape index (κ2) is 5.15. The topological polar surface area (TPSA) is 15.8 Å². The van der Waals surface area contributed by atoms with E-state index >= 15 is 0 Å². The molecule has 0 fully saturated rings. The summed E-state index contributed by atoms with van der Waals surface area (Å²) in [5, 5.41) is 0. The Hall–Kier alpha value is -2.28. The maximum Gasteiger partial charge on any atom is 0.0485 e. The Morgan fingerprint density at radius 1 is 0.842 bits per heavy atom. The van der Waals surface area contributed by atoms with Gasteiger partial charge < -0.3 is 4.98 Å². The zero-order valence-corrected chi connectivity index (χ0v) is 11.1. The molecule has 0 atom stereocenters. The van der Waals surface area contributed by atoms with Crippen molar-refractivity contribution in [3.63, 3.8) is 0 Å². The summed E-state index contributed by atoms with van der Waals surface area (Å²) in [5.41, 5.74) is 6.38. The summed E-state index contributed by atoms with van der Waals surface area (Å²) in [6.07, 6.45) is 0.953. The van der Waals surface area contributed by atoms with Crippen LogP contribution >= 0.6 is 0 Å². The molecule has 0 radical (unpaired) electrons. The smallest absolute Gasteiger partial charge is 0.0485 e. The lowest BCUT2D eigenvalue weighted by molar-refractivity contribution is 1.11. The van der Waals surface area contributed by atoms with Gasteiger partial charge in [-0.15, -0.1) is 0 Å². The molecular weight excluding hydrogens is 230 g/mol. The monoisotopic (exact) mass is 247 g/mol. The summed E-state index contributed by atoms with van der Waals surface area (Å²) in [7, 11) is 0. The molecule has 0 saturated heterocycles. The molecule has 0 aliphatic heterocycles. The Balaban J connectivity index is 1.90. The summed E-state index contributed by atoms with van der Waals surface area (Å²) >= 11 is 0. The first kappa shape index (κ1) is 11.8. The van der Waals surface area contributed by atoms with Gasteiger partial charge in [0.15, 0.2) is 0 Å². The van der Waals surface area contributed by atoms with E-state index in [2.05, 4.69) is 72.6 Å². The van der Waals surface area contributed by atoms with Crippen LogP contribution in [0.4, 0.5) is 0 Å². The van der Waals surface area contributed by atoms with Crippen LogP contribution in [0.3, 0.4) is 0 Å². The minimum atomic E-state index is 0.953. The van der Waals surface area contributed by atoms with Crippen molar-refractivity contribution in [2.45, 2.75) is 13.3 Å². The summed E-state index contributed by atoms with van der Waals surface area (Å²) in [6, 6.07) is 23.3. The van der Waals surface area contributed by atoms with Crippen molar-refractivity contribution in [1.29, 1.82) is 0 Å². The first-order valence-electron chi connectivity index (χ1n) is 6.61. The summed E-state index contributed by atoms with van der Waals surface area (Å²) in [6.45, 7) is 2.16. The van der Waals surface area contributed by atoms with E-state index in [1.807, 2.05) is 6.07 Å². The number of H-pyrrole nitrogens is 1. The third kappa shape index (κ3) is 2.60. The molecule has 0 aliphatic carbocycles. The van der Waals surface area contributed by atoms with Gasteiger partial charge in [0.25, 0.3) is 0 Å². The second-order valence-electron chi connectivity index (χ2n) is 4.88. The number of hydrogen-bond donors (Lipinski definition) is 1. The fraction of sp³-hybridized carbons (Fsp3) is 0.111.